The van der Waals surface area contributed by atoms with E-state index >= 15 is 0 Å². The number of ether oxygens (including phenoxy) is 2. The lowest BCUT2D eigenvalue weighted by Gasteiger charge is -2.27. The first kappa shape index (κ1) is 30.3. The van der Waals surface area contributed by atoms with Gasteiger partial charge in [0.15, 0.2) is 0 Å². The van der Waals surface area contributed by atoms with E-state index in [2.05, 4.69) is 12.6 Å². The first-order chi connectivity index (χ1) is 14.3. The van der Waals surface area contributed by atoms with E-state index in [0.717, 1.165) is 18.8 Å². The molecule has 0 amide bonds. The van der Waals surface area contributed by atoms with Crippen molar-refractivity contribution in [2.24, 2.45) is 0 Å². The standard InChI is InChI=1S/C21H46NO6PS/c1-22(2,3)14-16-27-29(23,24)28-20-19-26-18-17-25-15-12-10-8-6-4-5-7-9-11-13-21-30/h4-21H2,1-3H3,(H-,23,24,30). The molecule has 0 saturated carbocycles. The molecule has 7 nitrogen and oxygen atoms in total. The Morgan fingerprint density at radius 1 is 0.667 bits per heavy atom. The highest BCUT2D eigenvalue weighted by Gasteiger charge is 2.13. The number of likely N-dealkylation sites (N-methyl/N-ethyl adjacent to an activating group) is 1. The van der Waals surface area contributed by atoms with Crippen molar-refractivity contribution < 1.29 is 32.5 Å². The molecule has 0 bridgehead atoms. The molecule has 30 heavy (non-hydrogen) atoms. The molecule has 0 heterocycles. The van der Waals surface area contributed by atoms with Crippen LogP contribution in [0.5, 0.6) is 0 Å². The Bertz CT molecular complexity index is 423. The zero-order valence-electron chi connectivity index (χ0n) is 19.5. The summed E-state index contributed by atoms with van der Waals surface area (Å²) in [6, 6.07) is 0. The predicted molar refractivity (Wildman–Crippen MR) is 124 cm³/mol. The average molecular weight is 472 g/mol. The molecule has 0 radical (unpaired) electrons. The van der Waals surface area contributed by atoms with Crippen LogP contribution in [0.4, 0.5) is 0 Å². The van der Waals surface area contributed by atoms with Gasteiger partial charge < -0.3 is 27.9 Å². The van der Waals surface area contributed by atoms with Gasteiger partial charge in [-0.2, -0.15) is 12.6 Å². The lowest BCUT2D eigenvalue weighted by Crippen LogP contribution is -2.37. The number of thiol groups is 1. The van der Waals surface area contributed by atoms with Crippen LogP contribution >= 0.6 is 20.5 Å². The third kappa shape index (κ3) is 24.6. The van der Waals surface area contributed by atoms with Crippen molar-refractivity contribution in [1.29, 1.82) is 0 Å². The zero-order valence-corrected chi connectivity index (χ0v) is 21.3. The van der Waals surface area contributed by atoms with Crippen LogP contribution in [0.3, 0.4) is 0 Å². The van der Waals surface area contributed by atoms with Crippen molar-refractivity contribution >= 4 is 20.5 Å². The molecule has 1 atom stereocenters. The second kappa shape index (κ2) is 20.0. The molecule has 0 saturated heterocycles. The molecule has 0 rings (SSSR count). The average Bonchev–Trinajstić information content (AvgIpc) is 2.65. The van der Waals surface area contributed by atoms with Gasteiger partial charge in [0, 0.05) is 6.61 Å². The number of phosphoric ester groups is 1. The maximum absolute atomic E-state index is 11.6. The summed E-state index contributed by atoms with van der Waals surface area (Å²) in [4.78, 5) is 11.6. The third-order valence-electron chi connectivity index (χ3n) is 4.56. The van der Waals surface area contributed by atoms with Crippen molar-refractivity contribution in [2.75, 3.05) is 73.1 Å². The van der Waals surface area contributed by atoms with E-state index < -0.39 is 7.82 Å². The Kier molecular flexibility index (Phi) is 20.2. The van der Waals surface area contributed by atoms with E-state index in [1.807, 2.05) is 21.1 Å². The fourth-order valence-corrected chi connectivity index (χ4v) is 3.63. The summed E-state index contributed by atoms with van der Waals surface area (Å²) >= 11 is 4.23. The first-order valence-corrected chi connectivity index (χ1v) is 13.5. The van der Waals surface area contributed by atoms with Gasteiger partial charge in [-0.15, -0.1) is 0 Å². The number of rotatable bonds is 23. The fraction of sp³-hybridized carbons (Fsp3) is 1.00. The second-order valence-corrected chi connectivity index (χ2v) is 10.5. The molecule has 0 fully saturated rings. The summed E-state index contributed by atoms with van der Waals surface area (Å²) < 4.78 is 32.7. The Labute approximate surface area is 190 Å². The van der Waals surface area contributed by atoms with Gasteiger partial charge in [-0.05, 0) is 18.6 Å². The normalized spacial score (nSPS) is 14.2. The van der Waals surface area contributed by atoms with E-state index in [1.165, 1.54) is 57.8 Å². The van der Waals surface area contributed by atoms with Crippen LogP contribution in [-0.4, -0.2) is 77.6 Å². The quantitative estimate of drug-likeness (QED) is 0.105. The highest BCUT2D eigenvalue weighted by Crippen LogP contribution is 2.37. The van der Waals surface area contributed by atoms with Crippen LogP contribution in [0.1, 0.15) is 64.2 Å². The van der Waals surface area contributed by atoms with Crippen molar-refractivity contribution in [3.05, 3.63) is 0 Å². The molecule has 1 unspecified atom stereocenters. The number of unbranched alkanes of at least 4 members (excludes halogenated alkanes) is 9. The van der Waals surface area contributed by atoms with E-state index in [4.69, 9.17) is 18.5 Å². The van der Waals surface area contributed by atoms with Crippen molar-refractivity contribution in [2.45, 2.75) is 64.2 Å². The van der Waals surface area contributed by atoms with Crippen molar-refractivity contribution in [1.82, 2.24) is 0 Å². The van der Waals surface area contributed by atoms with E-state index in [1.54, 1.807) is 0 Å². The zero-order chi connectivity index (χ0) is 22.6. The molecule has 0 aliphatic rings. The Morgan fingerprint density at radius 3 is 1.63 bits per heavy atom. The highest BCUT2D eigenvalue weighted by molar-refractivity contribution is 7.80. The minimum Gasteiger partial charge on any atom is -0.756 e. The number of quaternary nitrogens is 1. The van der Waals surface area contributed by atoms with Crippen LogP contribution in [0.25, 0.3) is 0 Å². The summed E-state index contributed by atoms with van der Waals surface area (Å²) in [5.74, 6) is 1.01. The number of hydrogen-bond donors (Lipinski definition) is 1. The molecular weight excluding hydrogens is 425 g/mol. The predicted octanol–water partition coefficient (Wildman–Crippen LogP) is 4.06. The summed E-state index contributed by atoms with van der Waals surface area (Å²) in [6.07, 6.45) is 12.9. The molecule has 0 N–H and O–H groups in total. The van der Waals surface area contributed by atoms with Crippen molar-refractivity contribution in [3.63, 3.8) is 0 Å². The van der Waals surface area contributed by atoms with Crippen LogP contribution < -0.4 is 4.89 Å². The van der Waals surface area contributed by atoms with Gasteiger partial charge >= 0.3 is 0 Å². The minimum absolute atomic E-state index is 0.0413. The molecule has 0 aromatic carbocycles. The lowest BCUT2D eigenvalue weighted by atomic mass is 10.1. The van der Waals surface area contributed by atoms with Gasteiger partial charge in [0.05, 0.1) is 47.6 Å². The third-order valence-corrected chi connectivity index (χ3v) is 5.87. The van der Waals surface area contributed by atoms with Gasteiger partial charge in [0.2, 0.25) is 0 Å². The Hall–Kier alpha value is 0.340. The van der Waals surface area contributed by atoms with Crippen LogP contribution in [0.15, 0.2) is 0 Å². The molecule has 0 spiro atoms. The monoisotopic (exact) mass is 471 g/mol. The van der Waals surface area contributed by atoms with E-state index in [0.29, 0.717) is 24.2 Å². The second-order valence-electron chi connectivity index (χ2n) is 8.61. The molecule has 0 aliphatic carbocycles. The highest BCUT2D eigenvalue weighted by atomic mass is 32.1. The smallest absolute Gasteiger partial charge is 0.268 e. The Morgan fingerprint density at radius 2 is 1.10 bits per heavy atom. The molecule has 182 valence electrons. The van der Waals surface area contributed by atoms with Gasteiger partial charge in [-0.25, -0.2) is 0 Å². The molecule has 0 aromatic rings. The van der Waals surface area contributed by atoms with Gasteiger partial charge in [0.1, 0.15) is 13.2 Å². The number of nitrogens with zero attached hydrogens (tertiary/aromatic N) is 1. The summed E-state index contributed by atoms with van der Waals surface area (Å²) in [7, 11) is 1.65. The van der Waals surface area contributed by atoms with Crippen LogP contribution in [-0.2, 0) is 23.1 Å². The largest absolute Gasteiger partial charge is 0.756 e. The van der Waals surface area contributed by atoms with E-state index in [-0.39, 0.29) is 19.8 Å². The van der Waals surface area contributed by atoms with Gasteiger partial charge in [-0.1, -0.05) is 51.4 Å². The summed E-state index contributed by atoms with van der Waals surface area (Å²) in [5, 5.41) is 0. The molecule has 9 heteroatoms. The van der Waals surface area contributed by atoms with Crippen LogP contribution in [0.2, 0.25) is 0 Å². The number of phosphoric acid groups is 1. The van der Waals surface area contributed by atoms with Gasteiger partial charge in [0.25, 0.3) is 7.82 Å². The summed E-state index contributed by atoms with van der Waals surface area (Å²) in [5.41, 5.74) is 0. The molecule has 0 aromatic heterocycles. The topological polar surface area (TPSA) is 77.1 Å². The van der Waals surface area contributed by atoms with E-state index in [9.17, 15) is 9.46 Å². The molecule has 0 aliphatic heterocycles. The maximum Gasteiger partial charge on any atom is 0.268 e. The maximum atomic E-state index is 11.6. The number of hydrogen-bond acceptors (Lipinski definition) is 7. The van der Waals surface area contributed by atoms with Crippen molar-refractivity contribution in [3.8, 4) is 0 Å². The Balaban J connectivity index is 3.26. The summed E-state index contributed by atoms with van der Waals surface area (Å²) in [6.45, 7) is 2.54. The first-order valence-electron chi connectivity index (χ1n) is 11.4. The fourth-order valence-electron chi connectivity index (χ4n) is 2.72. The SMILES string of the molecule is C[N+](C)(C)CCOP(=O)([O-])OCCOCCOCCCCCCCCCCCCS. The lowest BCUT2D eigenvalue weighted by molar-refractivity contribution is -0.870. The van der Waals surface area contributed by atoms with Crippen LogP contribution in [0, 0.1) is 0 Å². The molecular formula is C21H46NO6PS. The minimum atomic E-state index is -4.24. The van der Waals surface area contributed by atoms with Gasteiger partial charge in [-0.3, -0.25) is 4.57 Å².